The lowest BCUT2D eigenvalue weighted by atomic mass is 10.0. The number of nitrogens with zero attached hydrogens (tertiary/aromatic N) is 1. The molecule has 7 heteroatoms. The Kier molecular flexibility index (Phi) is 9.68. The molecule has 1 aromatic carbocycles. The van der Waals surface area contributed by atoms with E-state index in [1.807, 2.05) is 35.2 Å². The van der Waals surface area contributed by atoms with E-state index in [0.717, 1.165) is 30.0 Å². The van der Waals surface area contributed by atoms with Gasteiger partial charge in [0.25, 0.3) is 0 Å². The summed E-state index contributed by atoms with van der Waals surface area (Å²) >= 11 is 0. The van der Waals surface area contributed by atoms with Crippen molar-refractivity contribution in [2.45, 2.75) is 115 Å². The summed E-state index contributed by atoms with van der Waals surface area (Å²) in [4.78, 5) is 27.5. The minimum atomic E-state index is -2.23. The van der Waals surface area contributed by atoms with Gasteiger partial charge in [-0.3, -0.25) is 4.79 Å². The van der Waals surface area contributed by atoms with Crippen LogP contribution < -0.4 is 0 Å². The quantitative estimate of drug-likeness (QED) is 0.260. The zero-order chi connectivity index (χ0) is 24.9. The molecular formula is C26H45NO4Si2. The predicted octanol–water partition coefficient (Wildman–Crippen LogP) is 6.16. The number of benzene rings is 1. The summed E-state index contributed by atoms with van der Waals surface area (Å²) in [6.45, 7) is 18.1. The first-order chi connectivity index (χ1) is 15.4. The summed E-state index contributed by atoms with van der Waals surface area (Å²) in [7, 11) is -4.27. The van der Waals surface area contributed by atoms with Crippen LogP contribution in [-0.4, -0.2) is 52.0 Å². The average molecular weight is 492 g/mol. The number of hydrogen-bond acceptors (Lipinski definition) is 4. The third kappa shape index (κ3) is 6.65. The Bertz CT molecular complexity index is 766. The zero-order valence-corrected chi connectivity index (χ0v) is 24.0. The monoisotopic (exact) mass is 491 g/mol. The Morgan fingerprint density at radius 1 is 1.06 bits per heavy atom. The average Bonchev–Trinajstić information content (AvgIpc) is 3.14. The summed E-state index contributed by atoms with van der Waals surface area (Å²) < 4.78 is 13.7. The molecule has 0 radical (unpaired) electrons. The first-order valence-electron chi connectivity index (χ1n) is 12.6. The minimum absolute atomic E-state index is 0.0135. The fourth-order valence-corrected chi connectivity index (χ4v) is 8.52. The van der Waals surface area contributed by atoms with Crippen LogP contribution in [0.3, 0.4) is 0 Å². The molecule has 2 rings (SSSR count). The summed E-state index contributed by atoms with van der Waals surface area (Å²) in [6, 6.07) is 12.8. The maximum atomic E-state index is 13.0. The molecule has 1 aromatic rings. The minimum Gasteiger partial charge on any atom is -0.409 e. The third-order valence-corrected chi connectivity index (χ3v) is 17.1. The van der Waals surface area contributed by atoms with Crippen molar-refractivity contribution >= 4 is 28.8 Å². The smallest absolute Gasteiger partial charge is 0.223 e. The van der Waals surface area contributed by atoms with Crippen molar-refractivity contribution in [1.82, 2.24) is 4.90 Å². The van der Waals surface area contributed by atoms with Gasteiger partial charge in [-0.1, -0.05) is 71.9 Å². The fourth-order valence-electron chi connectivity index (χ4n) is 4.43. The molecule has 1 saturated heterocycles. The largest absolute Gasteiger partial charge is 0.409 e. The second-order valence-electron chi connectivity index (χ2n) is 10.9. The van der Waals surface area contributed by atoms with Gasteiger partial charge in [0.15, 0.2) is 16.6 Å². The van der Waals surface area contributed by atoms with E-state index in [2.05, 4.69) is 54.6 Å². The highest BCUT2D eigenvalue weighted by molar-refractivity contribution is 6.74. The summed E-state index contributed by atoms with van der Waals surface area (Å²) in [5, 5.41) is -0.0135. The van der Waals surface area contributed by atoms with Gasteiger partial charge < -0.3 is 18.5 Å². The second kappa shape index (κ2) is 11.4. The highest BCUT2D eigenvalue weighted by Gasteiger charge is 2.48. The first-order valence-corrected chi connectivity index (χ1v) is 18.0. The van der Waals surface area contributed by atoms with Gasteiger partial charge in [0.05, 0.1) is 12.1 Å². The van der Waals surface area contributed by atoms with E-state index in [1.54, 1.807) is 0 Å². The molecule has 1 aliphatic rings. The number of carbonyl (C=O) groups is 2. The van der Waals surface area contributed by atoms with E-state index in [0.29, 0.717) is 19.4 Å². The molecule has 1 fully saturated rings. The van der Waals surface area contributed by atoms with Gasteiger partial charge in [0, 0.05) is 13.0 Å². The highest BCUT2D eigenvalue weighted by Crippen LogP contribution is 2.40. The van der Waals surface area contributed by atoms with Gasteiger partial charge in [-0.05, 0) is 48.2 Å². The van der Waals surface area contributed by atoms with E-state index in [9.17, 15) is 9.59 Å². The maximum absolute atomic E-state index is 13.0. The van der Waals surface area contributed by atoms with Gasteiger partial charge in [-0.2, -0.15) is 0 Å². The van der Waals surface area contributed by atoms with E-state index >= 15 is 0 Å². The summed E-state index contributed by atoms with van der Waals surface area (Å²) in [6.07, 6.45) is 1.02. The molecule has 33 heavy (non-hydrogen) atoms. The van der Waals surface area contributed by atoms with Crippen molar-refractivity contribution in [2.75, 3.05) is 0 Å². The molecule has 5 nitrogen and oxygen atoms in total. The Labute approximate surface area is 203 Å². The number of aldehydes is 1. The lowest BCUT2D eigenvalue weighted by Gasteiger charge is -2.45. The zero-order valence-electron chi connectivity index (χ0n) is 22.0. The summed E-state index contributed by atoms with van der Waals surface area (Å²) in [5.41, 5.74) is 1.09. The molecule has 0 aromatic heterocycles. The van der Waals surface area contributed by atoms with Crippen LogP contribution in [0.2, 0.25) is 36.3 Å². The van der Waals surface area contributed by atoms with Gasteiger partial charge in [-0.15, -0.1) is 0 Å². The van der Waals surface area contributed by atoms with Gasteiger partial charge in [-0.25, -0.2) is 0 Å². The second-order valence-corrected chi connectivity index (χ2v) is 20.4. The molecular weight excluding hydrogens is 446 g/mol. The van der Waals surface area contributed by atoms with Crippen LogP contribution in [0.25, 0.3) is 0 Å². The number of carbonyl (C=O) groups excluding carboxylic acids is 2. The van der Waals surface area contributed by atoms with Gasteiger partial charge >= 0.3 is 0 Å². The topological polar surface area (TPSA) is 55.8 Å². The Morgan fingerprint density at radius 2 is 1.64 bits per heavy atom. The van der Waals surface area contributed by atoms with Crippen molar-refractivity contribution < 1.29 is 18.4 Å². The molecule has 0 bridgehead atoms. The molecule has 186 valence electrons. The van der Waals surface area contributed by atoms with Crippen molar-refractivity contribution in [3.63, 3.8) is 0 Å². The SMILES string of the molecule is CC[Si](CC)(CC)O[C@H](C=O)[C@@H](O[Si](C)(C)C(C)(C)C)[C@H]1CCC(=O)N1Cc1ccccc1. The molecule has 0 spiro atoms. The van der Waals surface area contributed by atoms with Crippen molar-refractivity contribution in [3.8, 4) is 0 Å². The Balaban J connectivity index is 2.46. The Hall–Kier alpha value is -1.29. The fraction of sp³-hybridized carbons (Fsp3) is 0.692. The molecule has 0 N–H and O–H groups in total. The molecule has 1 aliphatic heterocycles. The molecule has 1 amide bonds. The van der Waals surface area contributed by atoms with Crippen LogP contribution in [0, 0.1) is 0 Å². The number of rotatable bonds is 12. The highest BCUT2D eigenvalue weighted by atomic mass is 28.4. The molecule has 1 heterocycles. The van der Waals surface area contributed by atoms with Crippen molar-refractivity contribution in [2.24, 2.45) is 0 Å². The normalized spacial score (nSPS) is 19.6. The van der Waals surface area contributed by atoms with Crippen LogP contribution in [0.4, 0.5) is 0 Å². The van der Waals surface area contributed by atoms with Crippen LogP contribution in [-0.2, 0) is 25.0 Å². The van der Waals surface area contributed by atoms with Crippen molar-refractivity contribution in [1.29, 1.82) is 0 Å². The Morgan fingerprint density at radius 3 is 2.12 bits per heavy atom. The van der Waals surface area contributed by atoms with E-state index in [-0.39, 0.29) is 17.0 Å². The van der Waals surface area contributed by atoms with E-state index in [1.165, 1.54) is 0 Å². The number of likely N-dealkylation sites (tertiary alicyclic amines) is 1. The van der Waals surface area contributed by atoms with Crippen LogP contribution >= 0.6 is 0 Å². The molecule has 0 aliphatic carbocycles. The molecule has 3 atom stereocenters. The van der Waals surface area contributed by atoms with E-state index in [4.69, 9.17) is 8.85 Å². The van der Waals surface area contributed by atoms with Crippen LogP contribution in [0.1, 0.15) is 59.9 Å². The predicted molar refractivity (Wildman–Crippen MR) is 140 cm³/mol. The van der Waals surface area contributed by atoms with Crippen LogP contribution in [0.5, 0.6) is 0 Å². The summed E-state index contributed by atoms with van der Waals surface area (Å²) in [5.74, 6) is 0.127. The lowest BCUT2D eigenvalue weighted by molar-refractivity contribution is -0.134. The standard InChI is InChI=1S/C26H45NO4Si2/c1-9-33(10-2,11-3)30-23(20-28)25(31-32(7,8)26(4,5)6)22-17-18-24(29)27(22)19-21-15-13-12-14-16-21/h12-16,20,22-23,25H,9-11,17-19H2,1-8H3/t22-,23-,25+/m1/s1. The molecule has 0 saturated carbocycles. The number of amides is 1. The number of hydrogen-bond donors (Lipinski definition) is 0. The first kappa shape index (κ1) is 28.0. The van der Waals surface area contributed by atoms with Crippen LogP contribution in [0.15, 0.2) is 30.3 Å². The van der Waals surface area contributed by atoms with Gasteiger partial charge in [0.2, 0.25) is 5.91 Å². The lowest BCUT2D eigenvalue weighted by Crippen LogP contribution is -2.57. The maximum Gasteiger partial charge on any atom is 0.223 e. The van der Waals surface area contributed by atoms with Crippen molar-refractivity contribution in [3.05, 3.63) is 35.9 Å². The van der Waals surface area contributed by atoms with Gasteiger partial charge in [0.1, 0.15) is 12.4 Å². The third-order valence-electron chi connectivity index (χ3n) is 7.96. The molecule has 0 unspecified atom stereocenters. The van der Waals surface area contributed by atoms with E-state index < -0.39 is 28.8 Å².